The normalized spacial score (nSPS) is 37.4. The summed E-state index contributed by atoms with van der Waals surface area (Å²) >= 11 is 0. The number of amides is 1. The van der Waals surface area contributed by atoms with Crippen molar-refractivity contribution in [2.75, 3.05) is 38.9 Å². The molecule has 0 spiro atoms. The molecule has 5 heterocycles. The zero-order chi connectivity index (χ0) is 50.8. The second-order valence-corrected chi connectivity index (χ2v) is 17.9. The van der Waals surface area contributed by atoms with Crippen LogP contribution in [0.25, 0.3) is 0 Å². The molecule has 4 fully saturated rings. The number of cyclic esters (lactones) is 1. The van der Waals surface area contributed by atoms with Gasteiger partial charge < -0.3 is 104 Å². The van der Waals surface area contributed by atoms with Crippen LogP contribution in [0.2, 0.25) is 0 Å². The number of hydrogen-bond donors (Lipinski definition) is 12. The molecular weight excluding hydrogens is 950 g/mol. The van der Waals surface area contributed by atoms with Gasteiger partial charge in [-0.15, -0.1) is 0 Å². The van der Waals surface area contributed by atoms with E-state index >= 15 is 0 Å². The highest BCUT2D eigenvalue weighted by Crippen LogP contribution is 2.55. The molecule has 5 aliphatic heterocycles. The molecule has 25 heteroatoms. The second kappa shape index (κ2) is 19.7. The summed E-state index contributed by atoms with van der Waals surface area (Å²) in [5.74, 6) is -13.4. The van der Waals surface area contributed by atoms with Crippen molar-refractivity contribution in [3.8, 4) is 23.0 Å². The van der Waals surface area contributed by atoms with Gasteiger partial charge in [-0.3, -0.25) is 19.2 Å². The van der Waals surface area contributed by atoms with Crippen LogP contribution < -0.4 is 14.8 Å². The molecule has 1 amide bonds. The quantitative estimate of drug-likeness (QED) is 0.0620. The Morgan fingerprint density at radius 3 is 2.15 bits per heavy atom. The van der Waals surface area contributed by atoms with Gasteiger partial charge in [-0.1, -0.05) is 24.3 Å². The van der Waals surface area contributed by atoms with E-state index in [1.807, 2.05) is 0 Å². The molecule has 1 aliphatic carbocycles. The van der Waals surface area contributed by atoms with Crippen LogP contribution in [-0.4, -0.2) is 199 Å². The van der Waals surface area contributed by atoms with Gasteiger partial charge in [0.2, 0.25) is 18.0 Å². The number of phenolic OH excluding ortho intramolecular Hbond substituents is 2. The number of aliphatic hydroxyl groups excluding tert-OH is 9. The molecule has 9 rings (SSSR count). The summed E-state index contributed by atoms with van der Waals surface area (Å²) in [6.07, 6.45) is -24.5. The van der Waals surface area contributed by atoms with Crippen molar-refractivity contribution in [3.63, 3.8) is 0 Å². The van der Waals surface area contributed by atoms with Gasteiger partial charge in [0.05, 0.1) is 37.9 Å². The number of hydrogen-bond acceptors (Lipinski definition) is 24. The van der Waals surface area contributed by atoms with Gasteiger partial charge in [-0.25, -0.2) is 0 Å². The predicted molar refractivity (Wildman–Crippen MR) is 228 cm³/mol. The van der Waals surface area contributed by atoms with E-state index in [9.17, 15) is 75.3 Å². The Bertz CT molecular complexity index is 2520. The van der Waals surface area contributed by atoms with Crippen LogP contribution in [0.4, 0.5) is 5.69 Å². The molecule has 0 saturated carbocycles. The predicted octanol–water partition coefficient (Wildman–Crippen LogP) is -3.46. The standard InChI is InChI=1S/C46H51NO24/c1-63-24-8-16(6-7-22(24)50)30-19-10-25(66-44-38(58)37(57)34(54)27(68-44)13-64-29(52)11-20-17-4-2-3-5-21(17)47-41(20)60)23(51)9-18(19)31-32(30)42(61)65-14-28-35(55)40(69-43(31)62)46(15-49,70-28)71-45-39(59)36(56)33(53)26(12-48)67-45/h2-10,20,26-28,30-40,44-45,48-51,53-59H,11-15H2,1H3,(H,47,60)/t20?,26-,27-,28+,30?,31?,32?,33-,34-,35+,36+,37+,38-,39-,40-,44-,45-,46-/m1/s1. The smallest absolute Gasteiger partial charge is 0.314 e. The van der Waals surface area contributed by atoms with Gasteiger partial charge in [-0.05, 0) is 52.6 Å². The Labute approximate surface area is 401 Å². The third-order valence-corrected chi connectivity index (χ3v) is 13.7. The maximum atomic E-state index is 14.7. The van der Waals surface area contributed by atoms with E-state index in [4.69, 9.17) is 42.6 Å². The lowest BCUT2D eigenvalue weighted by molar-refractivity contribution is -0.383. The van der Waals surface area contributed by atoms with E-state index in [-0.39, 0.29) is 34.6 Å². The number of aliphatic hydroxyl groups is 9. The van der Waals surface area contributed by atoms with Crippen LogP contribution in [0, 0.1) is 5.92 Å². The molecule has 384 valence electrons. The first-order valence-electron chi connectivity index (χ1n) is 22.4. The summed E-state index contributed by atoms with van der Waals surface area (Å²) in [6, 6.07) is 13.0. The van der Waals surface area contributed by atoms with Crippen molar-refractivity contribution in [2.45, 2.75) is 110 Å². The molecule has 2 bridgehead atoms. The molecule has 0 radical (unpaired) electrons. The zero-order valence-electron chi connectivity index (χ0n) is 37.3. The van der Waals surface area contributed by atoms with Gasteiger partial charge in [0.25, 0.3) is 0 Å². The number of fused-ring (bicyclic) bond motifs is 6. The van der Waals surface area contributed by atoms with Crippen molar-refractivity contribution in [1.82, 2.24) is 0 Å². The molecule has 0 aromatic heterocycles. The fourth-order valence-corrected chi connectivity index (χ4v) is 10.0. The fraction of sp³-hybridized carbons (Fsp3) is 0.522. The first-order chi connectivity index (χ1) is 33.9. The summed E-state index contributed by atoms with van der Waals surface area (Å²) in [5, 5.41) is 121. The van der Waals surface area contributed by atoms with Crippen molar-refractivity contribution >= 4 is 29.5 Å². The largest absolute Gasteiger partial charge is 0.504 e. The number of methoxy groups -OCH3 is 1. The van der Waals surface area contributed by atoms with Gasteiger partial charge in [0.1, 0.15) is 80.9 Å². The average molecular weight is 1000 g/mol. The fourth-order valence-electron chi connectivity index (χ4n) is 10.0. The maximum Gasteiger partial charge on any atom is 0.314 e. The minimum atomic E-state index is -2.63. The molecule has 3 aromatic carbocycles. The molecule has 3 aromatic rings. The Morgan fingerprint density at radius 2 is 1.44 bits per heavy atom. The molecule has 4 unspecified atom stereocenters. The maximum absolute atomic E-state index is 14.7. The lowest BCUT2D eigenvalue weighted by atomic mass is 9.82. The topological polar surface area (TPSA) is 386 Å². The van der Waals surface area contributed by atoms with E-state index in [1.54, 1.807) is 24.3 Å². The van der Waals surface area contributed by atoms with E-state index in [0.717, 1.165) is 6.07 Å². The monoisotopic (exact) mass is 1000 g/mol. The number of phenols is 2. The number of benzene rings is 3. The number of rotatable bonds is 12. The summed E-state index contributed by atoms with van der Waals surface area (Å²) in [5.41, 5.74) is 1.29. The molecule has 25 nitrogen and oxygen atoms in total. The van der Waals surface area contributed by atoms with Crippen molar-refractivity contribution in [2.24, 2.45) is 5.92 Å². The van der Waals surface area contributed by atoms with Gasteiger partial charge in [-0.2, -0.15) is 0 Å². The zero-order valence-corrected chi connectivity index (χ0v) is 37.3. The van der Waals surface area contributed by atoms with Gasteiger partial charge in [0, 0.05) is 11.6 Å². The van der Waals surface area contributed by atoms with Gasteiger partial charge in [0.15, 0.2) is 35.4 Å². The Morgan fingerprint density at radius 1 is 0.746 bits per heavy atom. The lowest BCUT2D eigenvalue weighted by Crippen LogP contribution is -2.63. The highest BCUT2D eigenvalue weighted by molar-refractivity contribution is 6.04. The number of aromatic hydroxyl groups is 2. The molecule has 18 atom stereocenters. The summed E-state index contributed by atoms with van der Waals surface area (Å²) in [6.45, 7) is -3.57. The SMILES string of the molecule is COc1cc(C2c3cc(O[C@@H]4O[C@H](COC(=O)CC5C(=O)Nc6ccccc65)[C@@H](O)[C@H](O)[C@H]4O)c(O)cc3C3C(=O)O[C@@H]4[C@@H](O)[C@H](COC(=O)C32)O[C@]4(CO)O[C@H]2O[C@H](CO)[C@@H](O)[C@H](O)[C@H]2O)ccc1O. The third-order valence-electron chi connectivity index (χ3n) is 13.7. The van der Waals surface area contributed by atoms with Crippen molar-refractivity contribution in [3.05, 3.63) is 76.9 Å². The van der Waals surface area contributed by atoms with Crippen LogP contribution >= 0.6 is 0 Å². The summed E-state index contributed by atoms with van der Waals surface area (Å²) < 4.78 is 51.1. The third kappa shape index (κ3) is 8.89. The molecule has 4 saturated heterocycles. The molecule has 6 aliphatic rings. The molecule has 71 heavy (non-hydrogen) atoms. The van der Waals surface area contributed by atoms with Crippen molar-refractivity contribution < 1.29 is 118 Å². The minimum Gasteiger partial charge on any atom is -0.504 e. The van der Waals surface area contributed by atoms with E-state index in [2.05, 4.69) is 5.32 Å². The first kappa shape index (κ1) is 50.2. The van der Waals surface area contributed by atoms with Crippen LogP contribution in [0.3, 0.4) is 0 Å². The van der Waals surface area contributed by atoms with Crippen LogP contribution in [-0.2, 0) is 52.3 Å². The number of anilines is 1. The highest BCUT2D eigenvalue weighted by Gasteiger charge is 2.63. The Kier molecular flexibility index (Phi) is 13.9. The minimum absolute atomic E-state index is 0.0653. The number of nitrogens with one attached hydrogen (secondary N) is 1. The van der Waals surface area contributed by atoms with Crippen molar-refractivity contribution in [1.29, 1.82) is 0 Å². The summed E-state index contributed by atoms with van der Waals surface area (Å²) in [7, 11) is 1.26. The van der Waals surface area contributed by atoms with Crippen LogP contribution in [0.1, 0.15) is 46.4 Å². The first-order valence-corrected chi connectivity index (χ1v) is 22.4. The second-order valence-electron chi connectivity index (χ2n) is 17.9. The molecule has 12 N–H and O–H groups in total. The van der Waals surface area contributed by atoms with E-state index < -0.39 is 171 Å². The lowest BCUT2D eigenvalue weighted by Gasteiger charge is -2.43. The highest BCUT2D eigenvalue weighted by atomic mass is 16.8. The Hall–Kier alpha value is -5.78. The number of carbonyl (C=O) groups excluding carboxylic acids is 4. The van der Waals surface area contributed by atoms with Crippen LogP contribution in [0.5, 0.6) is 23.0 Å². The van der Waals surface area contributed by atoms with Crippen LogP contribution in [0.15, 0.2) is 54.6 Å². The summed E-state index contributed by atoms with van der Waals surface area (Å²) in [4.78, 5) is 54.8. The number of carbonyl (C=O) groups is 4. The average Bonchev–Trinajstić information content (AvgIpc) is 3.95. The Balaban J connectivity index is 1.02. The van der Waals surface area contributed by atoms with Gasteiger partial charge >= 0.3 is 17.9 Å². The van der Waals surface area contributed by atoms with E-state index in [1.165, 1.54) is 31.4 Å². The number of esters is 3. The van der Waals surface area contributed by atoms with E-state index in [0.29, 0.717) is 11.3 Å². The number of para-hydroxylation sites is 1. The number of ether oxygens (including phenoxy) is 9. The molecular formula is C46H51NO24.